The van der Waals surface area contributed by atoms with Gasteiger partial charge in [0.15, 0.2) is 0 Å². The van der Waals surface area contributed by atoms with Gasteiger partial charge in [0, 0.05) is 5.56 Å². The summed E-state index contributed by atoms with van der Waals surface area (Å²) >= 11 is 0. The van der Waals surface area contributed by atoms with Crippen molar-refractivity contribution in [3.8, 4) is 44.5 Å². The van der Waals surface area contributed by atoms with E-state index in [2.05, 4.69) is 213 Å². The molecule has 0 aliphatic heterocycles. The first-order chi connectivity index (χ1) is 30.1. The Labute approximate surface area is 355 Å². The number of allylic oxidation sites excluding steroid dienone is 3. The summed E-state index contributed by atoms with van der Waals surface area (Å²) < 4.78 is 0. The van der Waals surface area contributed by atoms with Crippen molar-refractivity contribution in [1.82, 2.24) is 0 Å². The molecule has 2 aliphatic carbocycles. The molecule has 0 saturated heterocycles. The van der Waals surface area contributed by atoms with E-state index in [-0.39, 0.29) is 0 Å². The van der Waals surface area contributed by atoms with E-state index in [0.29, 0.717) is 5.71 Å². The molecule has 0 heterocycles. The predicted molar refractivity (Wildman–Crippen MR) is 258 cm³/mol. The fourth-order valence-electron chi connectivity index (χ4n) is 10.8. The Balaban J connectivity index is 0.972. The molecule has 0 amide bonds. The van der Waals surface area contributed by atoms with Crippen LogP contribution in [0.4, 0.5) is 0 Å². The van der Waals surface area contributed by atoms with Crippen molar-refractivity contribution in [2.75, 3.05) is 0 Å². The number of benzene rings is 10. The Bertz CT molecular complexity index is 3390. The summed E-state index contributed by atoms with van der Waals surface area (Å²) in [5.41, 5.74) is 18.1. The zero-order valence-electron chi connectivity index (χ0n) is 33.5. The standard InChI is InChI=1S/C60H39N/c1-38(40-32-33-47-46-23-13-16-30-55(46)60(56(47)37-40)53-28-14-11-21-44(53)45-22-12-15-29-54(45)60)31-36-57(61)59-50-26-9-7-24-48(50)58(49-25-8-10-27-51(49)59)52-35-34-41(39-17-3-2-4-18-39)42-19-5-6-20-43(42)52/h2-37,61H,1H2/b36-31-,61-57?. The van der Waals surface area contributed by atoms with Crippen LogP contribution in [0.1, 0.15) is 33.4 Å². The van der Waals surface area contributed by atoms with Gasteiger partial charge in [0.05, 0.1) is 11.1 Å². The van der Waals surface area contributed by atoms with E-state index in [1.54, 1.807) is 0 Å². The van der Waals surface area contributed by atoms with Gasteiger partial charge in [-0.25, -0.2) is 0 Å². The number of nitrogens with one attached hydrogen (secondary N) is 1. The first-order valence-corrected chi connectivity index (χ1v) is 21.0. The molecule has 1 heteroatoms. The largest absolute Gasteiger partial charge is 0.300 e. The van der Waals surface area contributed by atoms with Crippen molar-refractivity contribution >= 4 is 43.6 Å². The quantitative estimate of drug-likeness (QED) is 0.0989. The van der Waals surface area contributed by atoms with Crippen molar-refractivity contribution in [3.63, 3.8) is 0 Å². The molecule has 0 fully saturated rings. The maximum Gasteiger partial charge on any atom is 0.0725 e. The fraction of sp³-hybridized carbons (Fsp3) is 0.0167. The zero-order valence-corrected chi connectivity index (χ0v) is 33.5. The number of fused-ring (bicyclic) bond motifs is 13. The monoisotopic (exact) mass is 773 g/mol. The van der Waals surface area contributed by atoms with Gasteiger partial charge < -0.3 is 5.41 Å². The Hall–Kier alpha value is -7.87. The lowest BCUT2D eigenvalue weighted by atomic mass is 9.70. The summed E-state index contributed by atoms with van der Waals surface area (Å²) in [6, 6.07) is 74.7. The van der Waals surface area contributed by atoms with Gasteiger partial charge in [-0.05, 0) is 122 Å². The zero-order chi connectivity index (χ0) is 40.7. The third-order valence-corrected chi connectivity index (χ3v) is 13.3. The first kappa shape index (κ1) is 35.1. The number of hydrogen-bond acceptors (Lipinski definition) is 1. The van der Waals surface area contributed by atoms with Gasteiger partial charge >= 0.3 is 0 Å². The minimum absolute atomic E-state index is 0.418. The molecular formula is C60H39N. The summed E-state index contributed by atoms with van der Waals surface area (Å²) in [4.78, 5) is 0. The molecule has 0 bridgehead atoms. The van der Waals surface area contributed by atoms with Crippen molar-refractivity contribution < 1.29 is 0 Å². The molecule has 0 radical (unpaired) electrons. The third kappa shape index (κ3) is 5.05. The van der Waals surface area contributed by atoms with Crippen molar-refractivity contribution in [3.05, 3.63) is 258 Å². The summed E-state index contributed by atoms with van der Waals surface area (Å²) in [5, 5.41) is 16.6. The minimum atomic E-state index is -0.418. The van der Waals surface area contributed by atoms with E-state index in [4.69, 9.17) is 0 Å². The van der Waals surface area contributed by atoms with Crippen LogP contribution in [0.3, 0.4) is 0 Å². The summed E-state index contributed by atoms with van der Waals surface area (Å²) in [7, 11) is 0. The molecule has 1 nitrogen and oxygen atoms in total. The Kier molecular flexibility index (Phi) is 7.82. The molecule has 10 aromatic carbocycles. The fourth-order valence-corrected chi connectivity index (χ4v) is 10.8. The summed E-state index contributed by atoms with van der Waals surface area (Å²) in [5.74, 6) is 0. The smallest absolute Gasteiger partial charge is 0.0725 e. The highest BCUT2D eigenvalue weighted by Crippen LogP contribution is 2.63. The van der Waals surface area contributed by atoms with Gasteiger partial charge in [0.1, 0.15) is 0 Å². The molecule has 0 atom stereocenters. The molecule has 10 aromatic rings. The van der Waals surface area contributed by atoms with Gasteiger partial charge in [-0.1, -0.05) is 213 Å². The van der Waals surface area contributed by atoms with Crippen molar-refractivity contribution in [2.24, 2.45) is 0 Å². The first-order valence-electron chi connectivity index (χ1n) is 21.0. The lowest BCUT2D eigenvalue weighted by Crippen LogP contribution is -2.25. The highest BCUT2D eigenvalue weighted by Gasteiger charge is 2.51. The normalized spacial score (nSPS) is 13.1. The van der Waals surface area contributed by atoms with Gasteiger partial charge in [-0.15, -0.1) is 0 Å². The minimum Gasteiger partial charge on any atom is -0.300 e. The SMILES string of the molecule is C=C(/C=C\C(=N)c1c2ccccc2c(-c2ccc(-c3ccccc3)c3ccccc23)c2ccccc12)c1ccc2c(c1)C1(c3ccccc3-c3ccccc31)c1ccccc1-2. The second-order valence-electron chi connectivity index (χ2n) is 16.3. The maximum atomic E-state index is 9.76. The highest BCUT2D eigenvalue weighted by atomic mass is 14.5. The molecule has 0 aromatic heterocycles. The van der Waals surface area contributed by atoms with Gasteiger partial charge in [0.2, 0.25) is 0 Å². The second-order valence-corrected chi connectivity index (χ2v) is 16.3. The van der Waals surface area contributed by atoms with Crippen LogP contribution in [-0.2, 0) is 5.41 Å². The molecule has 2 aliphatic rings. The second kappa shape index (κ2) is 13.6. The lowest BCUT2D eigenvalue weighted by molar-refractivity contribution is 0.793. The topological polar surface area (TPSA) is 23.9 Å². The van der Waals surface area contributed by atoms with E-state index >= 15 is 0 Å². The van der Waals surface area contributed by atoms with Gasteiger partial charge in [-0.2, -0.15) is 0 Å². The Morgan fingerprint density at radius 3 is 1.38 bits per heavy atom. The Morgan fingerprint density at radius 1 is 0.377 bits per heavy atom. The summed E-state index contributed by atoms with van der Waals surface area (Å²) in [6.45, 7) is 4.62. The molecule has 1 spiro atoms. The molecule has 0 unspecified atom stereocenters. The van der Waals surface area contributed by atoms with Crippen molar-refractivity contribution in [2.45, 2.75) is 5.41 Å². The van der Waals surface area contributed by atoms with Crippen LogP contribution >= 0.6 is 0 Å². The van der Waals surface area contributed by atoms with Crippen LogP contribution in [0.15, 0.2) is 225 Å². The van der Waals surface area contributed by atoms with Gasteiger partial charge in [0.25, 0.3) is 0 Å². The van der Waals surface area contributed by atoms with Crippen LogP contribution in [0, 0.1) is 5.41 Å². The molecule has 1 N–H and O–H groups in total. The third-order valence-electron chi connectivity index (χ3n) is 13.3. The number of hydrogen-bond donors (Lipinski definition) is 1. The van der Waals surface area contributed by atoms with Crippen LogP contribution in [-0.4, -0.2) is 5.71 Å². The average molecular weight is 774 g/mol. The van der Waals surface area contributed by atoms with Crippen LogP contribution < -0.4 is 0 Å². The lowest BCUT2D eigenvalue weighted by Gasteiger charge is -2.30. The maximum absolute atomic E-state index is 9.76. The number of rotatable bonds is 6. The summed E-state index contributed by atoms with van der Waals surface area (Å²) in [6.07, 6.45) is 3.97. The van der Waals surface area contributed by atoms with Crippen LogP contribution in [0.2, 0.25) is 0 Å². The van der Waals surface area contributed by atoms with E-state index in [0.717, 1.165) is 38.2 Å². The van der Waals surface area contributed by atoms with E-state index in [1.165, 1.54) is 77.5 Å². The van der Waals surface area contributed by atoms with Crippen LogP contribution in [0.25, 0.3) is 82.4 Å². The molecule has 284 valence electrons. The highest BCUT2D eigenvalue weighted by molar-refractivity contribution is 6.29. The molecule has 61 heavy (non-hydrogen) atoms. The van der Waals surface area contributed by atoms with Crippen molar-refractivity contribution in [1.29, 1.82) is 5.41 Å². The molecular weight excluding hydrogens is 735 g/mol. The molecule has 0 saturated carbocycles. The van der Waals surface area contributed by atoms with Crippen LogP contribution in [0.5, 0.6) is 0 Å². The van der Waals surface area contributed by atoms with Gasteiger partial charge in [-0.3, -0.25) is 0 Å². The van der Waals surface area contributed by atoms with E-state index in [9.17, 15) is 5.41 Å². The van der Waals surface area contributed by atoms with E-state index < -0.39 is 5.41 Å². The molecule has 12 rings (SSSR count). The van der Waals surface area contributed by atoms with E-state index in [1.807, 2.05) is 12.2 Å². The predicted octanol–water partition coefficient (Wildman–Crippen LogP) is 15.5. The average Bonchev–Trinajstić information content (AvgIpc) is 3.79. The Morgan fingerprint density at radius 2 is 0.803 bits per heavy atom.